The Morgan fingerprint density at radius 2 is 1.11 bits per heavy atom. The highest BCUT2D eigenvalue weighted by molar-refractivity contribution is 9.10. The number of hydrogen-bond acceptors (Lipinski definition) is 10. The molecule has 0 fully saturated rings. The van der Waals surface area contributed by atoms with Gasteiger partial charge in [-0.2, -0.15) is 0 Å². The van der Waals surface area contributed by atoms with Gasteiger partial charge in [-0.15, -0.1) is 0 Å². The number of carbonyl (C=O) groups excluding carboxylic acids is 2. The molecule has 2 aliphatic heterocycles. The molecule has 0 saturated heterocycles. The van der Waals surface area contributed by atoms with Crippen molar-refractivity contribution in [3.05, 3.63) is 171 Å². The van der Waals surface area contributed by atoms with Gasteiger partial charge in [0.1, 0.15) is 49.4 Å². The van der Waals surface area contributed by atoms with Crippen molar-refractivity contribution in [3.8, 4) is 34.1 Å². The minimum atomic E-state index is -1.34. The average molecular weight is 958 g/mol. The maximum absolute atomic E-state index is 11.0. The van der Waals surface area contributed by atoms with E-state index in [2.05, 4.69) is 106 Å². The fourth-order valence-electron chi connectivity index (χ4n) is 7.39. The van der Waals surface area contributed by atoms with Crippen LogP contribution in [0.3, 0.4) is 0 Å². The van der Waals surface area contributed by atoms with E-state index in [4.69, 9.17) is 29.0 Å². The predicted molar refractivity (Wildman–Crippen MR) is 263 cm³/mol. The molecule has 0 spiro atoms. The Labute approximate surface area is 396 Å². The van der Waals surface area contributed by atoms with Crippen LogP contribution in [0.2, 0.25) is 0 Å². The minimum Gasteiger partial charge on any atom is -0.491 e. The van der Waals surface area contributed by atoms with Crippen molar-refractivity contribution in [2.24, 2.45) is 0 Å². The lowest BCUT2D eigenvalue weighted by atomic mass is 9.81. The lowest BCUT2D eigenvalue weighted by Crippen LogP contribution is -2.32. The van der Waals surface area contributed by atoms with Crippen LogP contribution in [-0.4, -0.2) is 68.4 Å². The van der Waals surface area contributed by atoms with Crippen LogP contribution in [0.15, 0.2) is 138 Å². The van der Waals surface area contributed by atoms with Gasteiger partial charge in [-0.1, -0.05) is 107 Å². The van der Waals surface area contributed by atoms with E-state index >= 15 is 0 Å². The van der Waals surface area contributed by atoms with Crippen molar-refractivity contribution in [2.45, 2.75) is 53.0 Å². The summed E-state index contributed by atoms with van der Waals surface area (Å²) in [5.74, 6) is 3.26. The van der Waals surface area contributed by atoms with E-state index in [-0.39, 0.29) is 23.9 Å². The van der Waals surface area contributed by atoms with Crippen LogP contribution in [-0.2, 0) is 22.8 Å². The Hall–Kier alpha value is -6.16. The standard InChI is InChI=1S/C26H28N2O3.C20H23BrN2O3.C6H7BO2/c1-18-21(9-6-10-23(18)20-7-4-3-5-8-20)16-30-22-11-12-24-25(17-31-26(24)15-22)28-14-13-27-19(2)29;1-13-15(4-3-5-18(13)21)11-25-16-6-7-17-19(12-26-20(17)10-16)23-9-8-22-14(2)24;8-7(9)6-4-2-1-3-5-6/h3-12,15,25,28H,13-14,16-17H2,1-2H3,(H,27,29);3-7,10,19,23H,8-9,11-12H2,1-2H3,(H,22,24);1-5,8-9H. The first-order valence-electron chi connectivity index (χ1n) is 22.0. The van der Waals surface area contributed by atoms with Crippen LogP contribution in [0.4, 0.5) is 0 Å². The first-order valence-corrected chi connectivity index (χ1v) is 22.8. The molecule has 66 heavy (non-hydrogen) atoms. The van der Waals surface area contributed by atoms with Crippen LogP contribution in [0, 0.1) is 13.8 Å². The summed E-state index contributed by atoms with van der Waals surface area (Å²) in [6, 6.07) is 43.8. The molecule has 0 bridgehead atoms. The molecule has 6 N–H and O–H groups in total. The molecule has 0 saturated carbocycles. The van der Waals surface area contributed by atoms with Crippen molar-refractivity contribution < 1.29 is 38.6 Å². The van der Waals surface area contributed by atoms with Gasteiger partial charge in [0.15, 0.2) is 0 Å². The van der Waals surface area contributed by atoms with Gasteiger partial charge in [-0.25, -0.2) is 0 Å². The molecule has 12 nitrogen and oxygen atoms in total. The van der Waals surface area contributed by atoms with E-state index in [0.717, 1.165) is 44.2 Å². The monoisotopic (exact) mass is 956 g/mol. The zero-order valence-corrected chi connectivity index (χ0v) is 39.4. The van der Waals surface area contributed by atoms with Gasteiger partial charge in [0, 0.05) is 67.8 Å². The number of amides is 2. The van der Waals surface area contributed by atoms with Crippen molar-refractivity contribution in [1.82, 2.24) is 21.3 Å². The number of benzene rings is 6. The number of nitrogens with one attached hydrogen (secondary N) is 4. The fourth-order valence-corrected chi connectivity index (χ4v) is 7.80. The maximum atomic E-state index is 11.0. The third-order valence-electron chi connectivity index (χ3n) is 11.1. The summed E-state index contributed by atoms with van der Waals surface area (Å²) in [6.45, 7) is 12.1. The van der Waals surface area contributed by atoms with E-state index in [1.54, 1.807) is 24.3 Å². The Morgan fingerprint density at radius 3 is 1.59 bits per heavy atom. The topological polar surface area (TPSA) is 160 Å². The van der Waals surface area contributed by atoms with Gasteiger partial charge in [0.2, 0.25) is 11.8 Å². The van der Waals surface area contributed by atoms with Crippen LogP contribution >= 0.6 is 15.9 Å². The quantitative estimate of drug-likeness (QED) is 0.0431. The highest BCUT2D eigenvalue weighted by atomic mass is 79.9. The van der Waals surface area contributed by atoms with Gasteiger partial charge in [0.05, 0.1) is 12.1 Å². The van der Waals surface area contributed by atoms with Crippen LogP contribution in [0.25, 0.3) is 11.1 Å². The maximum Gasteiger partial charge on any atom is 0.488 e. The molecule has 0 aromatic heterocycles. The van der Waals surface area contributed by atoms with Crippen molar-refractivity contribution in [1.29, 1.82) is 0 Å². The summed E-state index contributed by atoms with van der Waals surface area (Å²) >= 11 is 3.55. The molecule has 0 aliphatic carbocycles. The lowest BCUT2D eigenvalue weighted by Gasteiger charge is -2.14. The molecule has 6 aromatic carbocycles. The molecule has 2 unspecified atom stereocenters. The Morgan fingerprint density at radius 1 is 0.621 bits per heavy atom. The number of hydrogen-bond donors (Lipinski definition) is 6. The number of carbonyl (C=O) groups is 2. The van der Waals surface area contributed by atoms with E-state index in [0.29, 0.717) is 58.1 Å². The fraction of sp³-hybridized carbons (Fsp3) is 0.269. The summed E-state index contributed by atoms with van der Waals surface area (Å²) in [6.07, 6.45) is 0. The first-order chi connectivity index (χ1) is 32.0. The van der Waals surface area contributed by atoms with Crippen molar-refractivity contribution in [2.75, 3.05) is 39.4 Å². The van der Waals surface area contributed by atoms with Crippen molar-refractivity contribution >= 4 is 40.3 Å². The van der Waals surface area contributed by atoms with Crippen LogP contribution < -0.4 is 45.7 Å². The van der Waals surface area contributed by atoms with Crippen LogP contribution in [0.5, 0.6) is 23.0 Å². The van der Waals surface area contributed by atoms with E-state index < -0.39 is 7.12 Å². The van der Waals surface area contributed by atoms with Gasteiger partial charge in [0.25, 0.3) is 0 Å². The van der Waals surface area contributed by atoms with Gasteiger partial charge in [-0.05, 0) is 83.0 Å². The Balaban J connectivity index is 0.000000186. The molecule has 2 amide bonds. The summed E-state index contributed by atoms with van der Waals surface area (Å²) in [5, 5.41) is 29.5. The van der Waals surface area contributed by atoms with E-state index in [1.165, 1.54) is 41.7 Å². The van der Waals surface area contributed by atoms with E-state index in [1.807, 2.05) is 54.6 Å². The Bertz CT molecular complexity index is 2510. The highest BCUT2D eigenvalue weighted by Crippen LogP contribution is 2.37. The summed E-state index contributed by atoms with van der Waals surface area (Å²) in [5.41, 5.74) is 9.95. The molecular weight excluding hydrogens is 899 g/mol. The molecule has 8 rings (SSSR count). The summed E-state index contributed by atoms with van der Waals surface area (Å²) < 4.78 is 24.8. The number of halogens is 1. The zero-order chi connectivity index (χ0) is 46.8. The predicted octanol–water partition coefficient (Wildman–Crippen LogP) is 7.26. The SMILES string of the molecule is CC(=O)NCCNC1COc2cc(OCc3cccc(-c4ccccc4)c3C)ccc21.CC(=O)NCCNC1COc2cc(OCc3cccc(Br)c3C)ccc21.OB(O)c1ccccc1. The Kier molecular flexibility index (Phi) is 18.6. The highest BCUT2D eigenvalue weighted by Gasteiger charge is 2.25. The second kappa shape index (κ2) is 24.9. The third-order valence-corrected chi connectivity index (χ3v) is 12.0. The van der Waals surface area contributed by atoms with Gasteiger partial charge in [-0.3, -0.25) is 9.59 Å². The first kappa shape index (κ1) is 49.3. The third kappa shape index (κ3) is 14.4. The number of fused-ring (bicyclic) bond motifs is 2. The molecule has 2 heterocycles. The summed E-state index contributed by atoms with van der Waals surface area (Å²) in [7, 11) is -1.34. The molecule has 2 aliphatic rings. The molecular formula is C52H58BBrN4O8. The van der Waals surface area contributed by atoms with Gasteiger partial charge >= 0.3 is 7.12 Å². The number of ether oxygens (including phenoxy) is 4. The second-order valence-electron chi connectivity index (χ2n) is 15.8. The van der Waals surface area contributed by atoms with Gasteiger partial charge < -0.3 is 50.3 Å². The number of rotatable bonds is 16. The van der Waals surface area contributed by atoms with E-state index in [9.17, 15) is 9.59 Å². The lowest BCUT2D eigenvalue weighted by molar-refractivity contribution is -0.119. The average Bonchev–Trinajstić information content (AvgIpc) is 3.93. The second-order valence-corrected chi connectivity index (χ2v) is 16.7. The largest absolute Gasteiger partial charge is 0.491 e. The zero-order valence-electron chi connectivity index (χ0n) is 37.8. The smallest absolute Gasteiger partial charge is 0.488 e. The molecule has 2 atom stereocenters. The normalized spacial score (nSPS) is 14.1. The molecule has 344 valence electrons. The van der Waals surface area contributed by atoms with Crippen molar-refractivity contribution in [3.63, 3.8) is 0 Å². The summed E-state index contributed by atoms with van der Waals surface area (Å²) in [4.78, 5) is 21.9. The molecule has 0 radical (unpaired) electrons. The minimum absolute atomic E-state index is 0.0163. The molecule has 14 heteroatoms. The van der Waals surface area contributed by atoms with Crippen LogP contribution in [0.1, 0.15) is 59.3 Å². The molecule has 6 aromatic rings.